The molecule has 0 saturated heterocycles. The smallest absolute Gasteiger partial charge is 0.274 e. The van der Waals surface area contributed by atoms with Crippen molar-refractivity contribution in [3.63, 3.8) is 0 Å². The number of nitrogens with one attached hydrogen (secondary N) is 2. The molecule has 0 aliphatic heterocycles. The van der Waals surface area contributed by atoms with Gasteiger partial charge in [-0.2, -0.15) is 0 Å². The number of rotatable bonds is 5. The van der Waals surface area contributed by atoms with Crippen LogP contribution >= 0.6 is 0 Å². The molecule has 1 aromatic carbocycles. The van der Waals surface area contributed by atoms with Crippen LogP contribution in [0.5, 0.6) is 5.75 Å². The zero-order valence-electron chi connectivity index (χ0n) is 15.5. The van der Waals surface area contributed by atoms with E-state index in [0.29, 0.717) is 11.4 Å². The molecule has 1 fully saturated rings. The van der Waals surface area contributed by atoms with Crippen LogP contribution in [0.25, 0.3) is 0 Å². The summed E-state index contributed by atoms with van der Waals surface area (Å²) in [5.41, 5.74) is 1.07. The second-order valence-electron chi connectivity index (χ2n) is 6.76. The van der Waals surface area contributed by atoms with E-state index in [4.69, 9.17) is 4.74 Å². The topological polar surface area (TPSA) is 80.3 Å². The fraction of sp³-hybridized carbons (Fsp3) is 0.381. The molecule has 6 nitrogen and oxygen atoms in total. The second-order valence-corrected chi connectivity index (χ2v) is 6.76. The van der Waals surface area contributed by atoms with E-state index in [1.54, 1.807) is 49.6 Å². The van der Waals surface area contributed by atoms with Gasteiger partial charge in [-0.1, -0.05) is 37.8 Å². The van der Waals surface area contributed by atoms with Crippen molar-refractivity contribution in [3.8, 4) is 5.75 Å². The molecule has 0 atom stereocenters. The molecule has 1 heterocycles. The first-order valence-corrected chi connectivity index (χ1v) is 9.39. The number of nitrogens with zero attached hydrogens (tertiary/aromatic N) is 1. The number of hydrogen-bond donors (Lipinski definition) is 2. The van der Waals surface area contributed by atoms with Crippen molar-refractivity contribution < 1.29 is 14.3 Å². The van der Waals surface area contributed by atoms with E-state index in [0.717, 1.165) is 25.7 Å². The van der Waals surface area contributed by atoms with E-state index in [1.165, 1.54) is 12.8 Å². The summed E-state index contributed by atoms with van der Waals surface area (Å²) in [7, 11) is 1.57. The Morgan fingerprint density at radius 3 is 2.33 bits per heavy atom. The highest BCUT2D eigenvalue weighted by molar-refractivity contribution is 6.04. The average molecular weight is 367 g/mol. The summed E-state index contributed by atoms with van der Waals surface area (Å²) >= 11 is 0. The van der Waals surface area contributed by atoms with Gasteiger partial charge in [-0.05, 0) is 37.1 Å². The van der Waals surface area contributed by atoms with Crippen LogP contribution in [0.3, 0.4) is 0 Å². The molecule has 0 spiro atoms. The lowest BCUT2D eigenvalue weighted by Crippen LogP contribution is -2.35. The molecule has 0 radical (unpaired) electrons. The maximum Gasteiger partial charge on any atom is 0.274 e. The zero-order valence-corrected chi connectivity index (χ0v) is 15.5. The molecule has 0 bridgehead atoms. The van der Waals surface area contributed by atoms with Gasteiger partial charge >= 0.3 is 0 Å². The summed E-state index contributed by atoms with van der Waals surface area (Å²) < 4.78 is 5.15. The van der Waals surface area contributed by atoms with Crippen molar-refractivity contribution in [2.24, 2.45) is 0 Å². The molecule has 0 unspecified atom stereocenters. The predicted molar refractivity (Wildman–Crippen MR) is 104 cm³/mol. The maximum atomic E-state index is 12.5. The lowest BCUT2D eigenvalue weighted by atomic mass is 10.1. The van der Waals surface area contributed by atoms with E-state index in [1.807, 2.05) is 0 Å². The van der Waals surface area contributed by atoms with Crippen molar-refractivity contribution in [2.75, 3.05) is 12.4 Å². The number of anilines is 1. The largest absolute Gasteiger partial charge is 0.497 e. The lowest BCUT2D eigenvalue weighted by molar-refractivity contribution is 0.0928. The summed E-state index contributed by atoms with van der Waals surface area (Å²) in [6, 6.07) is 12.2. The number of hydrogen-bond acceptors (Lipinski definition) is 4. The normalized spacial score (nSPS) is 14.9. The molecular weight excluding hydrogens is 342 g/mol. The van der Waals surface area contributed by atoms with E-state index >= 15 is 0 Å². The molecule has 1 aromatic heterocycles. The Balaban J connectivity index is 1.66. The lowest BCUT2D eigenvalue weighted by Gasteiger charge is -2.16. The van der Waals surface area contributed by atoms with Gasteiger partial charge in [0, 0.05) is 17.8 Å². The van der Waals surface area contributed by atoms with E-state index < -0.39 is 0 Å². The van der Waals surface area contributed by atoms with Crippen LogP contribution < -0.4 is 15.4 Å². The third-order valence-corrected chi connectivity index (χ3v) is 4.73. The van der Waals surface area contributed by atoms with Crippen LogP contribution in [0.2, 0.25) is 0 Å². The molecule has 2 aromatic rings. The maximum absolute atomic E-state index is 12.5. The van der Waals surface area contributed by atoms with E-state index in [2.05, 4.69) is 15.6 Å². The molecule has 1 aliphatic rings. The van der Waals surface area contributed by atoms with Crippen LogP contribution in [-0.2, 0) is 0 Å². The summed E-state index contributed by atoms with van der Waals surface area (Å²) in [5, 5.41) is 5.83. The van der Waals surface area contributed by atoms with Gasteiger partial charge in [0.05, 0.1) is 7.11 Å². The molecule has 6 heteroatoms. The van der Waals surface area contributed by atoms with E-state index in [9.17, 15) is 9.59 Å². The first kappa shape index (κ1) is 18.9. The molecule has 2 amide bonds. The second kappa shape index (κ2) is 9.16. The van der Waals surface area contributed by atoms with Crippen molar-refractivity contribution in [1.82, 2.24) is 10.3 Å². The SMILES string of the molecule is COc1cccc(NC(=O)c2cccc(C(=O)NC3CCCCCC3)n2)c1. The number of aromatic nitrogens is 1. The van der Waals surface area contributed by atoms with Gasteiger partial charge in [0.1, 0.15) is 17.1 Å². The Morgan fingerprint density at radius 1 is 0.963 bits per heavy atom. The Bertz CT molecular complexity index is 799. The standard InChI is InChI=1S/C21H25N3O3/c1-27-17-11-6-10-16(14-17)23-21(26)19-13-7-12-18(24-19)20(25)22-15-8-4-2-3-5-9-15/h6-7,10-15H,2-5,8-9H2,1H3,(H,22,25)(H,23,26). The van der Waals surface area contributed by atoms with Gasteiger partial charge in [-0.15, -0.1) is 0 Å². The molecule has 2 N–H and O–H groups in total. The Morgan fingerprint density at radius 2 is 1.63 bits per heavy atom. The number of carbonyl (C=O) groups excluding carboxylic acids is 2. The summed E-state index contributed by atoms with van der Waals surface area (Å²) in [4.78, 5) is 29.2. The number of methoxy groups -OCH3 is 1. The monoisotopic (exact) mass is 367 g/mol. The first-order chi connectivity index (χ1) is 13.2. The number of amides is 2. The fourth-order valence-electron chi connectivity index (χ4n) is 3.27. The van der Waals surface area contributed by atoms with Gasteiger partial charge in [-0.25, -0.2) is 4.98 Å². The minimum Gasteiger partial charge on any atom is -0.497 e. The molecule has 142 valence electrons. The summed E-state index contributed by atoms with van der Waals surface area (Å²) in [6.07, 6.45) is 6.74. The Kier molecular flexibility index (Phi) is 6.41. The fourth-order valence-corrected chi connectivity index (χ4v) is 3.27. The first-order valence-electron chi connectivity index (χ1n) is 9.39. The van der Waals surface area contributed by atoms with E-state index in [-0.39, 0.29) is 29.2 Å². The molecule has 3 rings (SSSR count). The van der Waals surface area contributed by atoms with Gasteiger partial charge in [0.2, 0.25) is 0 Å². The number of pyridine rings is 1. The van der Waals surface area contributed by atoms with Crippen LogP contribution in [0, 0.1) is 0 Å². The number of carbonyl (C=O) groups is 2. The van der Waals surface area contributed by atoms with Crippen molar-refractivity contribution >= 4 is 17.5 Å². The predicted octanol–water partition coefficient (Wildman–Crippen LogP) is 3.80. The molecule has 1 saturated carbocycles. The molecular formula is C21H25N3O3. The highest BCUT2D eigenvalue weighted by atomic mass is 16.5. The minimum absolute atomic E-state index is 0.191. The molecule has 27 heavy (non-hydrogen) atoms. The highest BCUT2D eigenvalue weighted by Crippen LogP contribution is 2.18. The van der Waals surface area contributed by atoms with Crippen molar-refractivity contribution in [3.05, 3.63) is 53.9 Å². The van der Waals surface area contributed by atoms with Crippen LogP contribution in [0.15, 0.2) is 42.5 Å². The van der Waals surface area contributed by atoms with Gasteiger partial charge < -0.3 is 15.4 Å². The zero-order chi connectivity index (χ0) is 19.1. The Hall–Kier alpha value is -2.89. The van der Waals surface area contributed by atoms with Gasteiger partial charge in [-0.3, -0.25) is 9.59 Å². The van der Waals surface area contributed by atoms with Crippen molar-refractivity contribution in [2.45, 2.75) is 44.6 Å². The van der Waals surface area contributed by atoms with Gasteiger partial charge in [0.15, 0.2) is 0 Å². The minimum atomic E-state index is -0.368. The Labute approximate surface area is 159 Å². The summed E-state index contributed by atoms with van der Waals surface area (Å²) in [5.74, 6) is 0.0580. The number of benzene rings is 1. The van der Waals surface area contributed by atoms with Crippen molar-refractivity contribution in [1.29, 1.82) is 0 Å². The quantitative estimate of drug-likeness (QED) is 0.788. The van der Waals surface area contributed by atoms with Gasteiger partial charge in [0.25, 0.3) is 11.8 Å². The van der Waals surface area contributed by atoms with Crippen LogP contribution in [0.1, 0.15) is 59.5 Å². The third-order valence-electron chi connectivity index (χ3n) is 4.73. The summed E-state index contributed by atoms with van der Waals surface area (Å²) in [6.45, 7) is 0. The van der Waals surface area contributed by atoms with Crippen LogP contribution in [-0.4, -0.2) is 29.9 Å². The number of ether oxygens (including phenoxy) is 1. The average Bonchev–Trinajstić information content (AvgIpc) is 2.97. The third kappa shape index (κ3) is 5.29. The molecule has 1 aliphatic carbocycles. The van der Waals surface area contributed by atoms with Crippen LogP contribution in [0.4, 0.5) is 5.69 Å². The highest BCUT2D eigenvalue weighted by Gasteiger charge is 2.18.